The molecule has 0 amide bonds. The molecule has 0 fully saturated rings. The van der Waals surface area contributed by atoms with Crippen molar-refractivity contribution in [2.45, 2.75) is 37.8 Å². The Kier molecular flexibility index (Phi) is 6.07. The molecular weight excluding hydrogens is 444 g/mol. The third kappa shape index (κ3) is 4.14. The maximum Gasteiger partial charge on any atom is 0.416 e. The fourth-order valence-corrected chi connectivity index (χ4v) is 4.05. The Hall–Kier alpha value is -2.25. The number of carboxylic acids is 1. The molecule has 0 unspecified atom stereocenters. The zero-order valence-corrected chi connectivity index (χ0v) is 17.3. The highest BCUT2D eigenvalue weighted by Gasteiger charge is 2.45. The number of carboxylic acid groups (broad SMARTS) is 1. The van der Waals surface area contributed by atoms with Crippen molar-refractivity contribution in [3.63, 3.8) is 0 Å². The molecule has 0 saturated heterocycles. The number of alkyl halides is 3. The quantitative estimate of drug-likeness (QED) is 0.540. The minimum absolute atomic E-state index is 0.0167. The van der Waals surface area contributed by atoms with Crippen LogP contribution in [0.25, 0.3) is 0 Å². The second kappa shape index (κ2) is 8.12. The van der Waals surface area contributed by atoms with Crippen molar-refractivity contribution in [3.8, 4) is 5.75 Å². The predicted octanol–water partition coefficient (Wildman–Crippen LogP) is 5.95. The largest absolute Gasteiger partial charge is 0.492 e. The first kappa shape index (κ1) is 22.4. The van der Waals surface area contributed by atoms with E-state index in [4.69, 9.17) is 33.0 Å². The van der Waals surface area contributed by atoms with Crippen LogP contribution in [0.2, 0.25) is 10.0 Å². The summed E-state index contributed by atoms with van der Waals surface area (Å²) < 4.78 is 44.1. The van der Waals surface area contributed by atoms with Crippen LogP contribution in [-0.2, 0) is 22.8 Å². The highest BCUT2D eigenvalue weighted by molar-refractivity contribution is 6.45. The molecule has 4 nitrogen and oxygen atoms in total. The molecule has 30 heavy (non-hydrogen) atoms. The summed E-state index contributed by atoms with van der Waals surface area (Å²) in [7, 11) is 0. The van der Waals surface area contributed by atoms with Gasteiger partial charge in [-0.15, -0.1) is 0 Å². The van der Waals surface area contributed by atoms with Crippen LogP contribution in [0.4, 0.5) is 13.2 Å². The Morgan fingerprint density at radius 1 is 1.20 bits per heavy atom. The van der Waals surface area contributed by atoms with Gasteiger partial charge in [-0.05, 0) is 49.1 Å². The topological polar surface area (TPSA) is 63.6 Å². The lowest BCUT2D eigenvalue weighted by atomic mass is 9.78. The molecule has 2 aromatic carbocycles. The molecule has 0 aliphatic heterocycles. The summed E-state index contributed by atoms with van der Waals surface area (Å²) in [5.74, 6) is -1.05. The first-order valence-corrected chi connectivity index (χ1v) is 9.78. The SMILES string of the molecule is C[C@]1(c2ccc(C(F)(F)F)cc2)Cc2cc(OCCCC(=O)O)c(Cl)c(Cl)c2C1=O. The number of benzene rings is 2. The Morgan fingerprint density at radius 2 is 1.83 bits per heavy atom. The van der Waals surface area contributed by atoms with Gasteiger partial charge in [-0.3, -0.25) is 9.59 Å². The summed E-state index contributed by atoms with van der Waals surface area (Å²) in [6, 6.07) is 6.07. The number of Topliss-reactive ketones (excluding diaryl/α,β-unsaturated/α-hetero) is 1. The predicted molar refractivity (Wildman–Crippen MR) is 106 cm³/mol. The van der Waals surface area contributed by atoms with Crippen molar-refractivity contribution in [1.82, 2.24) is 0 Å². The number of carbonyl (C=O) groups is 2. The van der Waals surface area contributed by atoms with Crippen LogP contribution < -0.4 is 4.74 Å². The van der Waals surface area contributed by atoms with E-state index in [9.17, 15) is 22.8 Å². The van der Waals surface area contributed by atoms with Gasteiger partial charge in [-0.1, -0.05) is 35.3 Å². The zero-order valence-electron chi connectivity index (χ0n) is 15.8. The van der Waals surface area contributed by atoms with Crippen LogP contribution >= 0.6 is 23.2 Å². The van der Waals surface area contributed by atoms with Gasteiger partial charge in [0.15, 0.2) is 5.78 Å². The van der Waals surface area contributed by atoms with Crippen molar-refractivity contribution < 1.29 is 32.6 Å². The highest BCUT2D eigenvalue weighted by Crippen LogP contribution is 2.47. The second-order valence-electron chi connectivity index (χ2n) is 7.30. The molecule has 0 aromatic heterocycles. The van der Waals surface area contributed by atoms with Crippen molar-refractivity contribution in [2.75, 3.05) is 6.61 Å². The van der Waals surface area contributed by atoms with E-state index in [2.05, 4.69) is 0 Å². The maximum atomic E-state index is 13.1. The van der Waals surface area contributed by atoms with Gasteiger partial charge in [-0.25, -0.2) is 0 Å². The van der Waals surface area contributed by atoms with Crippen molar-refractivity contribution in [2.24, 2.45) is 0 Å². The van der Waals surface area contributed by atoms with Crippen LogP contribution in [0.15, 0.2) is 30.3 Å². The third-order valence-corrected chi connectivity index (χ3v) is 6.02. The average molecular weight is 461 g/mol. The van der Waals surface area contributed by atoms with Crippen molar-refractivity contribution >= 4 is 35.0 Å². The van der Waals surface area contributed by atoms with E-state index in [1.54, 1.807) is 13.0 Å². The van der Waals surface area contributed by atoms with E-state index in [0.29, 0.717) is 11.1 Å². The van der Waals surface area contributed by atoms with Gasteiger partial charge in [0, 0.05) is 12.0 Å². The van der Waals surface area contributed by atoms with Crippen molar-refractivity contribution in [3.05, 3.63) is 62.6 Å². The van der Waals surface area contributed by atoms with Gasteiger partial charge in [0.1, 0.15) is 10.8 Å². The van der Waals surface area contributed by atoms with Gasteiger partial charge in [0.25, 0.3) is 0 Å². The van der Waals surface area contributed by atoms with E-state index >= 15 is 0 Å². The second-order valence-corrected chi connectivity index (χ2v) is 8.05. The number of halogens is 5. The number of aliphatic carboxylic acids is 1. The number of ether oxygens (including phenoxy) is 1. The molecule has 9 heteroatoms. The molecule has 0 bridgehead atoms. The van der Waals surface area contributed by atoms with E-state index < -0.39 is 23.1 Å². The standard InChI is InChI=1S/C21H17Cl2F3O4/c1-20(12-4-6-13(7-5-12)21(24,25)26)10-11-9-14(30-8-2-3-15(27)28)17(22)18(23)16(11)19(20)29/h4-7,9H,2-3,8,10H2,1H3,(H,27,28)/t20-/m1/s1. The van der Waals surface area contributed by atoms with Gasteiger partial charge in [0.2, 0.25) is 0 Å². The molecule has 160 valence electrons. The Bertz CT molecular complexity index is 1000. The summed E-state index contributed by atoms with van der Waals surface area (Å²) in [4.78, 5) is 23.7. The highest BCUT2D eigenvalue weighted by atomic mass is 35.5. The fraction of sp³-hybridized carbons (Fsp3) is 0.333. The molecule has 0 radical (unpaired) electrons. The Balaban J connectivity index is 1.89. The summed E-state index contributed by atoms with van der Waals surface area (Å²) in [5.41, 5.74) is -0.655. The van der Waals surface area contributed by atoms with Crippen molar-refractivity contribution in [1.29, 1.82) is 0 Å². The monoisotopic (exact) mass is 460 g/mol. The summed E-state index contributed by atoms with van der Waals surface area (Å²) in [5, 5.41) is 8.74. The molecule has 1 atom stereocenters. The van der Waals surface area contributed by atoms with E-state index in [0.717, 1.165) is 12.1 Å². The first-order chi connectivity index (χ1) is 13.9. The molecule has 1 aliphatic carbocycles. The summed E-state index contributed by atoms with van der Waals surface area (Å²) >= 11 is 12.6. The molecule has 0 saturated carbocycles. The lowest BCUT2D eigenvalue weighted by molar-refractivity contribution is -0.138. The smallest absolute Gasteiger partial charge is 0.416 e. The molecular formula is C21H17Cl2F3O4. The minimum Gasteiger partial charge on any atom is -0.492 e. The normalized spacial score (nSPS) is 18.4. The number of rotatable bonds is 6. The molecule has 1 N–H and O–H groups in total. The number of carbonyl (C=O) groups excluding carboxylic acids is 1. The number of hydrogen-bond acceptors (Lipinski definition) is 3. The number of fused-ring (bicyclic) bond motifs is 1. The van der Waals surface area contributed by atoms with Gasteiger partial charge >= 0.3 is 12.1 Å². The van der Waals surface area contributed by atoms with E-state index in [-0.39, 0.29) is 53.0 Å². The minimum atomic E-state index is -4.47. The Labute approximate surface area is 180 Å². The van der Waals surface area contributed by atoms with Crippen LogP contribution in [0, 0.1) is 0 Å². The van der Waals surface area contributed by atoms with Crippen LogP contribution in [0.1, 0.15) is 46.8 Å². The van der Waals surface area contributed by atoms with Crippen LogP contribution in [0.5, 0.6) is 5.75 Å². The molecule has 2 aromatic rings. The third-order valence-electron chi connectivity index (χ3n) is 5.17. The van der Waals surface area contributed by atoms with Gasteiger partial charge in [-0.2, -0.15) is 13.2 Å². The number of ketones is 1. The molecule has 1 aliphatic rings. The van der Waals surface area contributed by atoms with E-state index in [1.807, 2.05) is 0 Å². The lowest BCUT2D eigenvalue weighted by Crippen LogP contribution is -2.29. The summed E-state index contributed by atoms with van der Waals surface area (Å²) in [6.45, 7) is 1.75. The van der Waals surface area contributed by atoms with Crippen LogP contribution in [0.3, 0.4) is 0 Å². The summed E-state index contributed by atoms with van der Waals surface area (Å²) in [6.07, 6.45) is -4.05. The molecule has 0 spiro atoms. The average Bonchev–Trinajstić information content (AvgIpc) is 2.93. The molecule has 0 heterocycles. The van der Waals surface area contributed by atoms with Crippen LogP contribution in [-0.4, -0.2) is 23.5 Å². The number of hydrogen-bond donors (Lipinski definition) is 1. The Morgan fingerprint density at radius 3 is 2.40 bits per heavy atom. The fourth-order valence-electron chi connectivity index (χ4n) is 3.55. The molecule has 3 rings (SSSR count). The maximum absolute atomic E-state index is 13.1. The zero-order chi connectivity index (χ0) is 22.3. The van der Waals surface area contributed by atoms with Gasteiger partial charge < -0.3 is 9.84 Å². The first-order valence-electron chi connectivity index (χ1n) is 9.03. The lowest BCUT2D eigenvalue weighted by Gasteiger charge is -2.23. The van der Waals surface area contributed by atoms with Gasteiger partial charge in [0.05, 0.1) is 22.6 Å². The van der Waals surface area contributed by atoms with E-state index in [1.165, 1.54) is 12.1 Å².